The molecule has 8 heteroatoms. The molecule has 1 aromatic carbocycles. The van der Waals surface area contributed by atoms with E-state index in [1.54, 1.807) is 6.92 Å². The maximum Gasteiger partial charge on any atom is 0.248 e. The third kappa shape index (κ3) is 4.61. The monoisotopic (exact) mass is 344 g/mol. The van der Waals surface area contributed by atoms with E-state index >= 15 is 0 Å². The number of aliphatic hydroxyl groups excluding tert-OH is 1. The molecular formula is C17H24N6O2. The number of aliphatic hydroxyl groups is 1. The van der Waals surface area contributed by atoms with Gasteiger partial charge in [-0.1, -0.05) is 30.3 Å². The van der Waals surface area contributed by atoms with E-state index in [1.165, 1.54) is 11.0 Å². The predicted octanol–water partition coefficient (Wildman–Crippen LogP) is -0.0181. The number of piperazine rings is 1. The van der Waals surface area contributed by atoms with E-state index in [4.69, 9.17) is 0 Å². The number of benzene rings is 1. The number of hydrogen-bond donors (Lipinski definition) is 1. The highest BCUT2D eigenvalue weighted by atomic mass is 16.3. The molecule has 1 amide bonds. The molecule has 1 aliphatic rings. The van der Waals surface area contributed by atoms with E-state index in [1.807, 2.05) is 35.2 Å². The highest BCUT2D eigenvalue weighted by Crippen LogP contribution is 2.17. The summed E-state index contributed by atoms with van der Waals surface area (Å²) in [5.74, 6) is 0.0350. The molecule has 8 nitrogen and oxygen atoms in total. The van der Waals surface area contributed by atoms with E-state index in [9.17, 15) is 9.90 Å². The van der Waals surface area contributed by atoms with Crippen LogP contribution in [0.5, 0.6) is 0 Å². The molecule has 134 valence electrons. The van der Waals surface area contributed by atoms with Crippen molar-refractivity contribution in [2.24, 2.45) is 0 Å². The van der Waals surface area contributed by atoms with Crippen LogP contribution in [0.25, 0.3) is 0 Å². The first kappa shape index (κ1) is 17.5. The van der Waals surface area contributed by atoms with E-state index < -0.39 is 6.04 Å². The van der Waals surface area contributed by atoms with Crippen molar-refractivity contribution in [1.82, 2.24) is 30.0 Å². The SMILES string of the molecule is C[C@H](O)CN1CCN(C(=O)[C@H](Cc2ccccc2)n2cnnn2)CC1. The minimum absolute atomic E-state index is 0.0350. The summed E-state index contributed by atoms with van der Waals surface area (Å²) in [6, 6.07) is 9.45. The van der Waals surface area contributed by atoms with Crippen molar-refractivity contribution in [2.75, 3.05) is 32.7 Å². The van der Waals surface area contributed by atoms with Crippen molar-refractivity contribution in [1.29, 1.82) is 0 Å². The predicted molar refractivity (Wildman–Crippen MR) is 91.7 cm³/mol. The number of nitrogens with zero attached hydrogens (tertiary/aromatic N) is 6. The average Bonchev–Trinajstić information content (AvgIpc) is 3.14. The normalized spacial score (nSPS) is 18.1. The summed E-state index contributed by atoms with van der Waals surface area (Å²) >= 11 is 0. The summed E-state index contributed by atoms with van der Waals surface area (Å²) < 4.78 is 1.54. The quantitative estimate of drug-likeness (QED) is 0.793. The number of aromatic nitrogens is 4. The lowest BCUT2D eigenvalue weighted by Crippen LogP contribution is -2.52. The van der Waals surface area contributed by atoms with E-state index in [-0.39, 0.29) is 12.0 Å². The van der Waals surface area contributed by atoms with Gasteiger partial charge in [0.25, 0.3) is 0 Å². The molecule has 0 bridgehead atoms. The first-order chi connectivity index (χ1) is 12.1. The Kier molecular flexibility index (Phi) is 5.72. The second kappa shape index (κ2) is 8.17. The van der Waals surface area contributed by atoms with Gasteiger partial charge < -0.3 is 10.0 Å². The molecule has 25 heavy (non-hydrogen) atoms. The van der Waals surface area contributed by atoms with Crippen LogP contribution in [0.4, 0.5) is 0 Å². The zero-order chi connectivity index (χ0) is 17.6. The summed E-state index contributed by atoms with van der Waals surface area (Å²) in [5, 5.41) is 20.8. The second-order valence-electron chi connectivity index (χ2n) is 6.47. The Labute approximate surface area is 147 Å². The molecule has 1 aliphatic heterocycles. The first-order valence-corrected chi connectivity index (χ1v) is 8.59. The molecule has 2 aromatic rings. The van der Waals surface area contributed by atoms with Crippen LogP contribution in [0, 0.1) is 0 Å². The number of carbonyl (C=O) groups excluding carboxylic acids is 1. The van der Waals surface area contributed by atoms with Gasteiger partial charge in [0.05, 0.1) is 6.10 Å². The number of rotatable bonds is 6. The Morgan fingerprint density at radius 3 is 2.52 bits per heavy atom. The Bertz CT molecular complexity index is 653. The number of tetrazole rings is 1. The summed E-state index contributed by atoms with van der Waals surface area (Å²) in [5.41, 5.74) is 1.07. The fourth-order valence-electron chi connectivity index (χ4n) is 3.18. The lowest BCUT2D eigenvalue weighted by atomic mass is 10.0. The molecule has 0 radical (unpaired) electrons. The standard InChI is InChI=1S/C17H24N6O2/c1-14(24)12-21-7-9-22(10-8-21)17(25)16(23-13-18-19-20-23)11-15-5-3-2-4-6-15/h2-6,13-14,16,24H,7-12H2,1H3/t14-,16-/m0/s1. The van der Waals surface area contributed by atoms with Crippen molar-refractivity contribution in [3.05, 3.63) is 42.2 Å². The van der Waals surface area contributed by atoms with Gasteiger partial charge in [0, 0.05) is 39.1 Å². The van der Waals surface area contributed by atoms with Crippen LogP contribution >= 0.6 is 0 Å². The number of hydrogen-bond acceptors (Lipinski definition) is 6. The Hall–Kier alpha value is -2.32. The molecule has 2 heterocycles. The highest BCUT2D eigenvalue weighted by Gasteiger charge is 2.29. The topological polar surface area (TPSA) is 87.4 Å². The molecule has 0 saturated carbocycles. The Morgan fingerprint density at radius 1 is 1.20 bits per heavy atom. The number of β-amino-alcohol motifs (C(OH)–C–C–N with tert-alkyl or cyclic N) is 1. The van der Waals surface area contributed by atoms with Gasteiger partial charge in [-0.05, 0) is 22.9 Å². The smallest absolute Gasteiger partial charge is 0.248 e. The first-order valence-electron chi connectivity index (χ1n) is 8.59. The maximum absolute atomic E-state index is 13.1. The van der Waals surface area contributed by atoms with E-state index in [2.05, 4.69) is 20.4 Å². The van der Waals surface area contributed by atoms with Crippen molar-refractivity contribution >= 4 is 5.91 Å². The van der Waals surface area contributed by atoms with Gasteiger partial charge in [0.15, 0.2) is 0 Å². The molecule has 1 N–H and O–H groups in total. The van der Waals surface area contributed by atoms with Gasteiger partial charge in [-0.2, -0.15) is 0 Å². The Balaban J connectivity index is 1.68. The van der Waals surface area contributed by atoms with Gasteiger partial charge >= 0.3 is 0 Å². The molecule has 3 rings (SSSR count). The summed E-state index contributed by atoms with van der Waals surface area (Å²) in [6.45, 7) is 5.26. The zero-order valence-electron chi connectivity index (χ0n) is 14.4. The van der Waals surface area contributed by atoms with Crippen molar-refractivity contribution in [3.8, 4) is 0 Å². The largest absolute Gasteiger partial charge is 0.392 e. The van der Waals surface area contributed by atoms with Crippen LogP contribution in [0.2, 0.25) is 0 Å². The maximum atomic E-state index is 13.1. The molecule has 0 spiro atoms. The zero-order valence-corrected chi connectivity index (χ0v) is 14.4. The summed E-state index contributed by atoms with van der Waals surface area (Å²) in [6.07, 6.45) is 1.70. The molecule has 0 aliphatic carbocycles. The van der Waals surface area contributed by atoms with Gasteiger partial charge in [0.2, 0.25) is 5.91 Å². The van der Waals surface area contributed by atoms with Crippen LogP contribution in [-0.4, -0.2) is 79.8 Å². The van der Waals surface area contributed by atoms with Crippen LogP contribution in [0.1, 0.15) is 18.5 Å². The lowest BCUT2D eigenvalue weighted by molar-refractivity contribution is -0.137. The summed E-state index contributed by atoms with van der Waals surface area (Å²) in [4.78, 5) is 17.1. The van der Waals surface area contributed by atoms with Crippen LogP contribution < -0.4 is 0 Å². The third-order valence-electron chi connectivity index (χ3n) is 4.45. The number of amides is 1. The fourth-order valence-corrected chi connectivity index (χ4v) is 3.18. The third-order valence-corrected chi connectivity index (χ3v) is 4.45. The molecule has 1 aromatic heterocycles. The van der Waals surface area contributed by atoms with E-state index in [0.29, 0.717) is 26.1 Å². The van der Waals surface area contributed by atoms with Gasteiger partial charge in [-0.15, -0.1) is 5.10 Å². The average molecular weight is 344 g/mol. The van der Waals surface area contributed by atoms with Gasteiger partial charge in [0.1, 0.15) is 12.4 Å². The summed E-state index contributed by atoms with van der Waals surface area (Å²) in [7, 11) is 0. The van der Waals surface area contributed by atoms with Gasteiger partial charge in [-0.25, -0.2) is 4.68 Å². The molecule has 1 fully saturated rings. The molecule has 2 atom stereocenters. The fraction of sp³-hybridized carbons (Fsp3) is 0.529. The Morgan fingerprint density at radius 2 is 1.92 bits per heavy atom. The lowest BCUT2D eigenvalue weighted by Gasteiger charge is -2.36. The highest BCUT2D eigenvalue weighted by molar-refractivity contribution is 5.80. The van der Waals surface area contributed by atoms with Crippen molar-refractivity contribution in [3.63, 3.8) is 0 Å². The van der Waals surface area contributed by atoms with E-state index in [0.717, 1.165) is 18.7 Å². The van der Waals surface area contributed by atoms with Gasteiger partial charge in [-0.3, -0.25) is 9.69 Å². The molecule has 1 saturated heterocycles. The van der Waals surface area contributed by atoms with Crippen LogP contribution in [-0.2, 0) is 11.2 Å². The minimum atomic E-state index is -0.444. The molecule has 0 unspecified atom stereocenters. The number of carbonyl (C=O) groups is 1. The van der Waals surface area contributed by atoms with Crippen molar-refractivity contribution < 1.29 is 9.90 Å². The minimum Gasteiger partial charge on any atom is -0.392 e. The van der Waals surface area contributed by atoms with Crippen LogP contribution in [0.15, 0.2) is 36.7 Å². The van der Waals surface area contributed by atoms with Crippen molar-refractivity contribution in [2.45, 2.75) is 25.5 Å². The molecular weight excluding hydrogens is 320 g/mol. The van der Waals surface area contributed by atoms with Crippen LogP contribution in [0.3, 0.4) is 0 Å². The second-order valence-corrected chi connectivity index (χ2v) is 6.47.